The molecule has 2 N–H and O–H groups in total. The Morgan fingerprint density at radius 1 is 1.12 bits per heavy atom. The first kappa shape index (κ1) is 18.5. The minimum atomic E-state index is -1.10. The van der Waals surface area contributed by atoms with Crippen molar-refractivity contribution in [1.82, 2.24) is 0 Å². The Bertz CT molecular complexity index is 817. The van der Waals surface area contributed by atoms with Crippen LogP contribution in [0.2, 0.25) is 5.02 Å². The average Bonchev–Trinajstić information content (AvgIpc) is 2.57. The summed E-state index contributed by atoms with van der Waals surface area (Å²) in [7, 11) is 0. The second-order valence-corrected chi connectivity index (χ2v) is 5.77. The Morgan fingerprint density at radius 3 is 2.36 bits per heavy atom. The zero-order valence-corrected chi connectivity index (χ0v) is 14.3. The van der Waals surface area contributed by atoms with E-state index in [2.05, 4.69) is 5.32 Å². The van der Waals surface area contributed by atoms with Gasteiger partial charge in [0.2, 0.25) is 0 Å². The molecule has 0 aromatic heterocycles. The summed E-state index contributed by atoms with van der Waals surface area (Å²) < 4.78 is 5.04. The maximum Gasteiger partial charge on any atom is 0.342 e. The minimum absolute atomic E-state index is 0.0819. The van der Waals surface area contributed by atoms with E-state index in [0.29, 0.717) is 11.3 Å². The number of carbonyl (C=O) groups excluding carboxylic acids is 3. The number of aromatic hydroxyl groups is 1. The maximum atomic E-state index is 12.1. The summed E-state index contributed by atoms with van der Waals surface area (Å²) in [5, 5.41) is 12.5. The van der Waals surface area contributed by atoms with Gasteiger partial charge in [0, 0.05) is 16.3 Å². The molecular formula is C18H16ClNO5. The molecule has 1 atom stereocenters. The molecule has 0 radical (unpaired) electrons. The van der Waals surface area contributed by atoms with Crippen molar-refractivity contribution < 1.29 is 24.2 Å². The van der Waals surface area contributed by atoms with Crippen LogP contribution in [-0.4, -0.2) is 28.9 Å². The van der Waals surface area contributed by atoms with Crippen molar-refractivity contribution >= 4 is 34.9 Å². The molecule has 1 amide bonds. The monoisotopic (exact) mass is 361 g/mol. The highest BCUT2D eigenvalue weighted by Gasteiger charge is 2.21. The lowest BCUT2D eigenvalue weighted by molar-refractivity contribution is -0.123. The van der Waals surface area contributed by atoms with Gasteiger partial charge in [0.1, 0.15) is 11.3 Å². The van der Waals surface area contributed by atoms with Gasteiger partial charge >= 0.3 is 5.97 Å². The number of amides is 1. The molecular weight excluding hydrogens is 346 g/mol. The number of anilines is 1. The molecule has 0 aliphatic carbocycles. The molecule has 7 heteroatoms. The number of nitrogens with one attached hydrogen (secondary N) is 1. The van der Waals surface area contributed by atoms with Crippen molar-refractivity contribution in [1.29, 1.82) is 0 Å². The van der Waals surface area contributed by atoms with Gasteiger partial charge in [-0.1, -0.05) is 11.6 Å². The van der Waals surface area contributed by atoms with E-state index >= 15 is 0 Å². The summed E-state index contributed by atoms with van der Waals surface area (Å²) in [6.07, 6.45) is -1.10. The Morgan fingerprint density at radius 2 is 1.76 bits per heavy atom. The standard InChI is InChI=1S/C18H16ClNO5/c1-10(21)12-3-6-14(7-4-12)20-17(23)11(2)25-18(24)15-9-13(19)5-8-16(15)22/h3-9,11,22H,1-2H3,(H,20,23)/t11-/m0/s1. The van der Waals surface area contributed by atoms with Crippen LogP contribution in [0.25, 0.3) is 0 Å². The Kier molecular flexibility index (Phi) is 5.77. The fourth-order valence-electron chi connectivity index (χ4n) is 1.98. The summed E-state index contributed by atoms with van der Waals surface area (Å²) in [6, 6.07) is 10.3. The molecule has 0 heterocycles. The smallest absolute Gasteiger partial charge is 0.342 e. The number of benzene rings is 2. The van der Waals surface area contributed by atoms with Gasteiger partial charge < -0.3 is 15.2 Å². The lowest BCUT2D eigenvalue weighted by Crippen LogP contribution is -2.30. The van der Waals surface area contributed by atoms with Gasteiger partial charge in [-0.2, -0.15) is 0 Å². The van der Waals surface area contributed by atoms with Gasteiger partial charge in [-0.15, -0.1) is 0 Å². The quantitative estimate of drug-likeness (QED) is 0.628. The zero-order valence-electron chi connectivity index (χ0n) is 13.6. The van der Waals surface area contributed by atoms with E-state index in [1.807, 2.05) is 0 Å². The van der Waals surface area contributed by atoms with Crippen molar-refractivity contribution in [2.45, 2.75) is 20.0 Å². The minimum Gasteiger partial charge on any atom is -0.507 e. The Labute approximate surface area is 149 Å². The molecule has 2 aromatic carbocycles. The van der Waals surface area contributed by atoms with E-state index in [4.69, 9.17) is 16.3 Å². The van der Waals surface area contributed by atoms with Gasteiger partial charge in [-0.3, -0.25) is 9.59 Å². The largest absolute Gasteiger partial charge is 0.507 e. The van der Waals surface area contributed by atoms with Crippen LogP contribution in [-0.2, 0) is 9.53 Å². The number of carbonyl (C=O) groups is 3. The van der Waals surface area contributed by atoms with Gasteiger partial charge in [0.15, 0.2) is 11.9 Å². The van der Waals surface area contributed by atoms with Crippen LogP contribution in [0.5, 0.6) is 5.75 Å². The third-order valence-corrected chi connectivity index (χ3v) is 3.63. The molecule has 130 valence electrons. The molecule has 0 aliphatic rings. The van der Waals surface area contributed by atoms with Gasteiger partial charge in [0.25, 0.3) is 5.91 Å². The number of hydrogen-bond acceptors (Lipinski definition) is 5. The van der Waals surface area contributed by atoms with Crippen molar-refractivity contribution in [2.75, 3.05) is 5.32 Å². The summed E-state index contributed by atoms with van der Waals surface area (Å²) in [4.78, 5) is 35.4. The van der Waals surface area contributed by atoms with Crippen LogP contribution in [0.3, 0.4) is 0 Å². The summed E-state index contributed by atoms with van der Waals surface area (Å²) >= 11 is 5.78. The molecule has 2 rings (SSSR count). The lowest BCUT2D eigenvalue weighted by Gasteiger charge is -2.14. The van der Waals surface area contributed by atoms with E-state index in [1.165, 1.54) is 32.0 Å². The second-order valence-electron chi connectivity index (χ2n) is 5.33. The SMILES string of the molecule is CC(=O)c1ccc(NC(=O)[C@H](C)OC(=O)c2cc(Cl)ccc2O)cc1. The van der Waals surface area contributed by atoms with Gasteiger partial charge in [-0.25, -0.2) is 4.79 Å². The third-order valence-electron chi connectivity index (χ3n) is 3.39. The summed E-state index contributed by atoms with van der Waals surface area (Å²) in [5.41, 5.74) is 0.857. The lowest BCUT2D eigenvalue weighted by atomic mass is 10.1. The average molecular weight is 362 g/mol. The van der Waals surface area contributed by atoms with Crippen LogP contribution in [0, 0.1) is 0 Å². The number of ether oxygens (including phenoxy) is 1. The molecule has 0 saturated heterocycles. The highest BCUT2D eigenvalue weighted by atomic mass is 35.5. The molecule has 2 aromatic rings. The van der Waals surface area contributed by atoms with E-state index in [1.54, 1.807) is 24.3 Å². The Hall–Kier alpha value is -2.86. The first-order valence-electron chi connectivity index (χ1n) is 7.39. The number of Topliss-reactive ketones (excluding diaryl/α,β-unsaturated/α-hetero) is 1. The number of phenolic OH excluding ortho intramolecular Hbond substituents is 1. The summed E-state index contributed by atoms with van der Waals surface area (Å²) in [5.74, 6) is -1.79. The van der Waals surface area contributed by atoms with Crippen LogP contribution in [0.1, 0.15) is 34.6 Å². The molecule has 0 bridgehead atoms. The number of ketones is 1. The molecule has 0 aliphatic heterocycles. The van der Waals surface area contributed by atoms with Crippen molar-refractivity contribution in [3.05, 3.63) is 58.6 Å². The number of hydrogen-bond donors (Lipinski definition) is 2. The molecule has 0 spiro atoms. The Balaban J connectivity index is 2.01. The first-order chi connectivity index (χ1) is 11.8. The fraction of sp³-hybridized carbons (Fsp3) is 0.167. The van der Waals surface area contributed by atoms with Crippen LogP contribution in [0.4, 0.5) is 5.69 Å². The van der Waals surface area contributed by atoms with Crippen molar-refractivity contribution in [2.24, 2.45) is 0 Å². The van der Waals surface area contributed by atoms with Crippen molar-refractivity contribution in [3.63, 3.8) is 0 Å². The van der Waals surface area contributed by atoms with Crippen LogP contribution < -0.4 is 5.32 Å². The summed E-state index contributed by atoms with van der Waals surface area (Å²) in [6.45, 7) is 2.85. The highest BCUT2D eigenvalue weighted by molar-refractivity contribution is 6.31. The maximum absolute atomic E-state index is 12.1. The molecule has 0 fully saturated rings. The molecule has 0 saturated carbocycles. The van der Waals surface area contributed by atoms with Crippen LogP contribution in [0.15, 0.2) is 42.5 Å². The van der Waals surface area contributed by atoms with E-state index in [9.17, 15) is 19.5 Å². The van der Waals surface area contributed by atoms with Gasteiger partial charge in [0.05, 0.1) is 0 Å². The molecule has 25 heavy (non-hydrogen) atoms. The highest BCUT2D eigenvalue weighted by Crippen LogP contribution is 2.22. The van der Waals surface area contributed by atoms with E-state index in [0.717, 1.165) is 0 Å². The van der Waals surface area contributed by atoms with Crippen molar-refractivity contribution in [3.8, 4) is 5.75 Å². The predicted molar refractivity (Wildman–Crippen MR) is 93.1 cm³/mol. The second kappa shape index (κ2) is 7.81. The normalized spacial score (nSPS) is 11.5. The first-order valence-corrected chi connectivity index (χ1v) is 7.77. The topological polar surface area (TPSA) is 92.7 Å². The van der Waals surface area contributed by atoms with E-state index < -0.39 is 18.0 Å². The number of phenols is 1. The number of halogens is 1. The molecule has 0 unspecified atom stereocenters. The third kappa shape index (κ3) is 4.81. The van der Waals surface area contributed by atoms with E-state index in [-0.39, 0.29) is 22.1 Å². The predicted octanol–water partition coefficient (Wildman–Crippen LogP) is 3.43. The zero-order chi connectivity index (χ0) is 18.6. The fourth-order valence-corrected chi connectivity index (χ4v) is 2.15. The van der Waals surface area contributed by atoms with Gasteiger partial charge in [-0.05, 0) is 56.3 Å². The number of rotatable bonds is 5. The van der Waals surface area contributed by atoms with Crippen LogP contribution >= 0.6 is 11.6 Å². The number of esters is 1. The molecule has 6 nitrogen and oxygen atoms in total.